The Morgan fingerprint density at radius 1 is 1.08 bits per heavy atom. The van der Waals surface area contributed by atoms with Gasteiger partial charge in [-0.25, -0.2) is 13.1 Å². The molecule has 0 heterocycles. The maximum atomic E-state index is 12.4. The summed E-state index contributed by atoms with van der Waals surface area (Å²) in [5, 5.41) is 2.75. The van der Waals surface area contributed by atoms with Crippen LogP contribution in [0.1, 0.15) is 23.6 Å². The van der Waals surface area contributed by atoms with Crippen LogP contribution in [0.3, 0.4) is 0 Å². The zero-order valence-electron chi connectivity index (χ0n) is 14.1. The first kappa shape index (κ1) is 18.2. The van der Waals surface area contributed by atoms with Gasteiger partial charge in [0.05, 0.1) is 11.4 Å². The van der Waals surface area contributed by atoms with Crippen molar-refractivity contribution in [2.75, 3.05) is 11.9 Å². The summed E-state index contributed by atoms with van der Waals surface area (Å²) in [4.78, 5) is 12.3. The van der Waals surface area contributed by atoms with Crippen molar-refractivity contribution in [2.45, 2.75) is 32.1 Å². The van der Waals surface area contributed by atoms with Gasteiger partial charge in [0.25, 0.3) is 0 Å². The Morgan fingerprint density at radius 2 is 1.79 bits per heavy atom. The fraction of sp³-hybridized carbons (Fsp3) is 0.278. The van der Waals surface area contributed by atoms with Crippen molar-refractivity contribution >= 4 is 21.6 Å². The molecule has 0 fully saturated rings. The van der Waals surface area contributed by atoms with Crippen molar-refractivity contribution < 1.29 is 13.2 Å². The Bertz CT molecular complexity index is 845. The van der Waals surface area contributed by atoms with Crippen LogP contribution in [0.25, 0.3) is 0 Å². The first-order chi connectivity index (χ1) is 11.3. The lowest BCUT2D eigenvalue weighted by Gasteiger charge is -2.12. The molecule has 0 unspecified atom stereocenters. The van der Waals surface area contributed by atoms with E-state index in [0.717, 1.165) is 17.5 Å². The Balaban J connectivity index is 2.06. The van der Waals surface area contributed by atoms with Crippen molar-refractivity contribution in [3.8, 4) is 0 Å². The van der Waals surface area contributed by atoms with Crippen LogP contribution in [0.2, 0.25) is 0 Å². The highest BCUT2D eigenvalue weighted by Crippen LogP contribution is 2.17. The Kier molecular flexibility index (Phi) is 5.75. The minimum absolute atomic E-state index is 0.198. The standard InChI is InChI=1S/C18H22N2O3S/c1-4-15-7-5-6-8-16(15)20-18(21)12-19-24(22,23)17-11-13(2)9-10-14(17)3/h5-11,19H,4,12H2,1-3H3,(H,20,21). The number of carbonyl (C=O) groups is 1. The maximum absolute atomic E-state index is 12.4. The van der Waals surface area contributed by atoms with Gasteiger partial charge in [-0.2, -0.15) is 0 Å². The molecular weight excluding hydrogens is 324 g/mol. The smallest absolute Gasteiger partial charge is 0.241 e. The molecule has 24 heavy (non-hydrogen) atoms. The highest BCUT2D eigenvalue weighted by atomic mass is 32.2. The molecule has 0 bridgehead atoms. The van der Waals surface area contributed by atoms with Crippen LogP contribution in [0.15, 0.2) is 47.4 Å². The summed E-state index contributed by atoms with van der Waals surface area (Å²) < 4.78 is 27.1. The molecular formula is C18H22N2O3S. The molecule has 1 amide bonds. The molecule has 0 spiro atoms. The van der Waals surface area contributed by atoms with E-state index in [1.54, 1.807) is 25.1 Å². The topological polar surface area (TPSA) is 75.3 Å². The van der Waals surface area contributed by atoms with Crippen molar-refractivity contribution in [2.24, 2.45) is 0 Å². The second-order valence-corrected chi connectivity index (χ2v) is 7.39. The number of nitrogens with one attached hydrogen (secondary N) is 2. The van der Waals surface area contributed by atoms with Crippen molar-refractivity contribution in [1.29, 1.82) is 0 Å². The number of sulfonamides is 1. The number of amides is 1. The van der Waals surface area contributed by atoms with E-state index in [1.165, 1.54) is 0 Å². The fourth-order valence-corrected chi connectivity index (χ4v) is 3.69. The van der Waals surface area contributed by atoms with Crippen LogP contribution >= 0.6 is 0 Å². The normalized spacial score (nSPS) is 11.3. The summed E-state index contributed by atoms with van der Waals surface area (Å²) >= 11 is 0. The van der Waals surface area contributed by atoms with Gasteiger partial charge in [0.15, 0.2) is 0 Å². The number of benzene rings is 2. The van der Waals surface area contributed by atoms with Crippen molar-refractivity contribution in [3.63, 3.8) is 0 Å². The maximum Gasteiger partial charge on any atom is 0.241 e. The van der Waals surface area contributed by atoms with Gasteiger partial charge in [-0.15, -0.1) is 0 Å². The first-order valence-electron chi connectivity index (χ1n) is 7.78. The lowest BCUT2D eigenvalue weighted by Crippen LogP contribution is -2.33. The van der Waals surface area contributed by atoms with Gasteiger partial charge >= 0.3 is 0 Å². The van der Waals surface area contributed by atoms with Gasteiger partial charge in [0.1, 0.15) is 0 Å². The molecule has 0 aliphatic rings. The number of hydrogen-bond donors (Lipinski definition) is 2. The van der Waals surface area contributed by atoms with Gasteiger partial charge < -0.3 is 5.32 Å². The van der Waals surface area contributed by atoms with Gasteiger partial charge in [0.2, 0.25) is 15.9 Å². The number of rotatable bonds is 6. The van der Waals surface area contributed by atoms with E-state index in [2.05, 4.69) is 10.0 Å². The predicted octanol–water partition coefficient (Wildman–Crippen LogP) is 2.78. The minimum atomic E-state index is -3.73. The Hall–Kier alpha value is -2.18. The molecule has 2 N–H and O–H groups in total. The van der Waals surface area contributed by atoms with E-state index in [9.17, 15) is 13.2 Å². The van der Waals surface area contributed by atoms with Gasteiger partial charge in [-0.05, 0) is 49.1 Å². The lowest BCUT2D eigenvalue weighted by molar-refractivity contribution is -0.115. The van der Waals surface area contributed by atoms with Crippen LogP contribution < -0.4 is 10.0 Å². The molecule has 2 aromatic carbocycles. The molecule has 0 aliphatic heterocycles. The average Bonchev–Trinajstić information content (AvgIpc) is 2.56. The Labute approximate surface area is 143 Å². The minimum Gasteiger partial charge on any atom is -0.325 e. The fourth-order valence-electron chi connectivity index (χ4n) is 2.38. The van der Waals surface area contributed by atoms with Gasteiger partial charge in [-0.1, -0.05) is 37.3 Å². The average molecular weight is 346 g/mol. The molecule has 0 saturated carbocycles. The third kappa shape index (κ3) is 4.43. The van der Waals surface area contributed by atoms with Crippen molar-refractivity contribution in [1.82, 2.24) is 4.72 Å². The summed E-state index contributed by atoms with van der Waals surface area (Å²) in [5.74, 6) is -0.398. The van der Waals surface area contributed by atoms with E-state index < -0.39 is 15.9 Å². The largest absolute Gasteiger partial charge is 0.325 e. The molecule has 128 valence electrons. The van der Waals surface area contributed by atoms with E-state index in [0.29, 0.717) is 11.3 Å². The molecule has 5 nitrogen and oxygen atoms in total. The highest BCUT2D eigenvalue weighted by molar-refractivity contribution is 7.89. The summed E-state index contributed by atoms with van der Waals surface area (Å²) in [6, 6.07) is 12.7. The number of aryl methyl sites for hydroxylation is 3. The highest BCUT2D eigenvalue weighted by Gasteiger charge is 2.18. The van der Waals surface area contributed by atoms with E-state index in [1.807, 2.05) is 38.1 Å². The summed E-state index contributed by atoms with van der Waals surface area (Å²) in [5.41, 5.74) is 3.20. The summed E-state index contributed by atoms with van der Waals surface area (Å²) in [6.07, 6.45) is 0.782. The zero-order chi connectivity index (χ0) is 17.7. The lowest BCUT2D eigenvalue weighted by atomic mass is 10.1. The number of para-hydroxylation sites is 1. The van der Waals surface area contributed by atoms with Crippen LogP contribution in [-0.4, -0.2) is 20.9 Å². The molecule has 0 radical (unpaired) electrons. The summed E-state index contributed by atoms with van der Waals surface area (Å²) in [7, 11) is -3.73. The number of anilines is 1. The zero-order valence-corrected chi connectivity index (χ0v) is 14.9. The third-order valence-electron chi connectivity index (χ3n) is 3.73. The van der Waals surface area contributed by atoms with Crippen molar-refractivity contribution in [3.05, 3.63) is 59.2 Å². The second-order valence-electron chi connectivity index (χ2n) is 5.65. The predicted molar refractivity (Wildman–Crippen MR) is 95.6 cm³/mol. The van der Waals surface area contributed by atoms with Gasteiger partial charge in [-0.3, -0.25) is 4.79 Å². The number of hydrogen-bond acceptors (Lipinski definition) is 3. The molecule has 0 aliphatic carbocycles. The summed E-state index contributed by atoms with van der Waals surface area (Å²) in [6.45, 7) is 5.24. The molecule has 0 saturated heterocycles. The van der Waals surface area contributed by atoms with Crippen LogP contribution in [0, 0.1) is 13.8 Å². The molecule has 6 heteroatoms. The van der Waals surface area contributed by atoms with E-state index in [4.69, 9.17) is 0 Å². The van der Waals surface area contributed by atoms with Crippen LogP contribution in [-0.2, 0) is 21.2 Å². The third-order valence-corrected chi connectivity index (χ3v) is 5.27. The molecule has 2 aromatic rings. The quantitative estimate of drug-likeness (QED) is 0.844. The number of carbonyl (C=O) groups excluding carboxylic acids is 1. The molecule has 0 atom stereocenters. The van der Waals surface area contributed by atoms with Gasteiger partial charge in [0, 0.05) is 5.69 Å². The van der Waals surface area contributed by atoms with E-state index in [-0.39, 0.29) is 11.4 Å². The molecule has 2 rings (SSSR count). The van der Waals surface area contributed by atoms with Crippen LogP contribution in [0.4, 0.5) is 5.69 Å². The van der Waals surface area contributed by atoms with E-state index >= 15 is 0 Å². The second kappa shape index (κ2) is 7.59. The van der Waals surface area contributed by atoms with Crippen LogP contribution in [0.5, 0.6) is 0 Å². The Morgan fingerprint density at radius 3 is 2.50 bits per heavy atom. The first-order valence-corrected chi connectivity index (χ1v) is 9.26. The molecule has 0 aromatic heterocycles. The SMILES string of the molecule is CCc1ccccc1NC(=O)CNS(=O)(=O)c1cc(C)ccc1C. The monoisotopic (exact) mass is 346 g/mol.